The first-order valence-corrected chi connectivity index (χ1v) is 9.86. The molecule has 1 saturated heterocycles. The van der Waals surface area contributed by atoms with Gasteiger partial charge in [-0.15, -0.1) is 0 Å². The molecule has 1 amide bonds. The summed E-state index contributed by atoms with van der Waals surface area (Å²) < 4.78 is 29.6. The molecule has 1 atom stereocenters. The van der Waals surface area contributed by atoms with E-state index in [2.05, 4.69) is 5.32 Å². The van der Waals surface area contributed by atoms with Crippen molar-refractivity contribution in [3.05, 3.63) is 46.4 Å². The summed E-state index contributed by atoms with van der Waals surface area (Å²) in [5, 5.41) is 3.79. The fraction of sp³-hybridized carbons (Fsp3) is 0.412. The highest BCUT2D eigenvalue weighted by molar-refractivity contribution is 7.91. The van der Waals surface area contributed by atoms with Crippen LogP contribution in [0.1, 0.15) is 16.8 Å². The summed E-state index contributed by atoms with van der Waals surface area (Å²) in [6, 6.07) is 6.51. The lowest BCUT2D eigenvalue weighted by Crippen LogP contribution is -2.36. The summed E-state index contributed by atoms with van der Waals surface area (Å²) in [5.74, 6) is -0.323. The van der Waals surface area contributed by atoms with Gasteiger partial charge in [-0.1, -0.05) is 18.2 Å². The van der Waals surface area contributed by atoms with Crippen LogP contribution >= 0.6 is 0 Å². The molecule has 1 N–H and O–H groups in total. The van der Waals surface area contributed by atoms with Gasteiger partial charge in [0.1, 0.15) is 0 Å². The molecule has 25 heavy (non-hydrogen) atoms. The molecule has 0 bridgehead atoms. The van der Waals surface area contributed by atoms with Crippen molar-refractivity contribution in [3.8, 4) is 0 Å². The predicted octanol–water partition coefficient (Wildman–Crippen LogP) is 0.565. The standard InChI is InChI=1S/C17H20N2O5S/c1-24-8-7-19-10-15(13-4-2-3-5-14(13)17(19)21)16(20)18-12-6-9-25(22,23)11-12/h2-5,10,12H,6-9,11H2,1H3,(H,18,20). The Bertz CT molecular complexity index is 965. The molecule has 7 nitrogen and oxygen atoms in total. The number of ether oxygens (including phenoxy) is 1. The SMILES string of the molecule is COCCn1cc(C(=O)NC2CCS(=O)(=O)C2)c2ccccc2c1=O. The van der Waals surface area contributed by atoms with Gasteiger partial charge in [-0.05, 0) is 12.5 Å². The van der Waals surface area contributed by atoms with Crippen molar-refractivity contribution in [2.24, 2.45) is 0 Å². The average molecular weight is 364 g/mol. The van der Waals surface area contributed by atoms with Gasteiger partial charge in [-0.3, -0.25) is 9.59 Å². The summed E-state index contributed by atoms with van der Waals surface area (Å²) in [6.07, 6.45) is 1.93. The van der Waals surface area contributed by atoms with Crippen molar-refractivity contribution in [2.45, 2.75) is 19.0 Å². The molecule has 2 aromatic rings. The summed E-state index contributed by atoms with van der Waals surface area (Å²) in [6.45, 7) is 0.679. The van der Waals surface area contributed by atoms with Crippen molar-refractivity contribution in [3.63, 3.8) is 0 Å². The Morgan fingerprint density at radius 1 is 1.32 bits per heavy atom. The first-order valence-electron chi connectivity index (χ1n) is 8.04. The number of fused-ring (bicyclic) bond motifs is 1. The molecule has 1 aromatic heterocycles. The first-order chi connectivity index (χ1) is 11.9. The third kappa shape index (κ3) is 3.74. The van der Waals surface area contributed by atoms with Crippen LogP contribution in [0.5, 0.6) is 0 Å². The van der Waals surface area contributed by atoms with Crippen molar-refractivity contribution in [1.29, 1.82) is 0 Å². The fourth-order valence-electron chi connectivity index (χ4n) is 3.05. The molecule has 1 fully saturated rings. The van der Waals surface area contributed by atoms with Gasteiger partial charge in [0, 0.05) is 36.7 Å². The first kappa shape index (κ1) is 17.6. The van der Waals surface area contributed by atoms with E-state index in [1.807, 2.05) is 0 Å². The van der Waals surface area contributed by atoms with Gasteiger partial charge in [0.2, 0.25) is 0 Å². The zero-order valence-electron chi connectivity index (χ0n) is 13.9. The van der Waals surface area contributed by atoms with E-state index in [1.54, 1.807) is 31.4 Å². The van der Waals surface area contributed by atoms with E-state index >= 15 is 0 Å². The number of sulfone groups is 1. The number of carbonyl (C=O) groups is 1. The van der Waals surface area contributed by atoms with Crippen LogP contribution in [-0.2, 0) is 21.1 Å². The van der Waals surface area contributed by atoms with E-state index in [0.29, 0.717) is 35.9 Å². The van der Waals surface area contributed by atoms with Crippen LogP contribution < -0.4 is 10.9 Å². The van der Waals surface area contributed by atoms with Crippen LogP contribution in [0.2, 0.25) is 0 Å². The number of hydrogen-bond acceptors (Lipinski definition) is 5. The Morgan fingerprint density at radius 3 is 2.68 bits per heavy atom. The normalized spacial score (nSPS) is 19.2. The Balaban J connectivity index is 1.98. The molecule has 2 heterocycles. The number of methoxy groups -OCH3 is 1. The van der Waals surface area contributed by atoms with Gasteiger partial charge in [0.05, 0.1) is 23.7 Å². The maximum Gasteiger partial charge on any atom is 0.258 e. The minimum Gasteiger partial charge on any atom is -0.383 e. The lowest BCUT2D eigenvalue weighted by molar-refractivity contribution is 0.0941. The van der Waals surface area contributed by atoms with E-state index in [9.17, 15) is 18.0 Å². The smallest absolute Gasteiger partial charge is 0.258 e. The highest BCUT2D eigenvalue weighted by Crippen LogP contribution is 2.17. The van der Waals surface area contributed by atoms with Gasteiger partial charge in [0.25, 0.3) is 11.5 Å². The van der Waals surface area contributed by atoms with Gasteiger partial charge in [0.15, 0.2) is 9.84 Å². The number of nitrogens with zero attached hydrogens (tertiary/aromatic N) is 1. The predicted molar refractivity (Wildman–Crippen MR) is 94.6 cm³/mol. The maximum atomic E-state index is 12.7. The second kappa shape index (κ2) is 6.97. The molecule has 1 aliphatic heterocycles. The lowest BCUT2D eigenvalue weighted by atomic mass is 10.1. The quantitative estimate of drug-likeness (QED) is 0.837. The van der Waals surface area contributed by atoms with Crippen LogP contribution in [0, 0.1) is 0 Å². The highest BCUT2D eigenvalue weighted by Gasteiger charge is 2.29. The Labute approximate surface area is 145 Å². The molecular formula is C17H20N2O5S. The van der Waals surface area contributed by atoms with Crippen molar-refractivity contribution < 1.29 is 17.9 Å². The number of hydrogen-bond donors (Lipinski definition) is 1. The molecule has 1 aromatic carbocycles. The third-order valence-electron chi connectivity index (χ3n) is 4.34. The average Bonchev–Trinajstić information content (AvgIpc) is 2.93. The van der Waals surface area contributed by atoms with E-state index in [-0.39, 0.29) is 23.0 Å². The molecule has 0 radical (unpaired) electrons. The van der Waals surface area contributed by atoms with Crippen molar-refractivity contribution in [2.75, 3.05) is 25.2 Å². The minimum absolute atomic E-state index is 0.0417. The number of amides is 1. The van der Waals surface area contributed by atoms with E-state index < -0.39 is 15.9 Å². The van der Waals surface area contributed by atoms with Gasteiger partial charge in [-0.25, -0.2) is 8.42 Å². The van der Waals surface area contributed by atoms with E-state index in [0.717, 1.165) is 0 Å². The maximum absolute atomic E-state index is 12.7. The molecular weight excluding hydrogens is 344 g/mol. The van der Waals surface area contributed by atoms with Gasteiger partial charge < -0.3 is 14.6 Å². The fourth-order valence-corrected chi connectivity index (χ4v) is 4.73. The zero-order chi connectivity index (χ0) is 18.0. The number of rotatable bonds is 5. The minimum atomic E-state index is -3.08. The van der Waals surface area contributed by atoms with Crippen LogP contribution in [0.25, 0.3) is 10.8 Å². The molecule has 0 spiro atoms. The second-order valence-electron chi connectivity index (χ2n) is 6.15. The topological polar surface area (TPSA) is 94.5 Å². The number of nitrogens with one attached hydrogen (secondary N) is 1. The van der Waals surface area contributed by atoms with Gasteiger partial charge in [-0.2, -0.15) is 0 Å². The number of aromatic nitrogens is 1. The Kier molecular flexibility index (Phi) is 4.91. The zero-order valence-corrected chi connectivity index (χ0v) is 14.7. The molecule has 0 aliphatic carbocycles. The monoisotopic (exact) mass is 364 g/mol. The Hall–Kier alpha value is -2.19. The van der Waals surface area contributed by atoms with E-state index in [4.69, 9.17) is 4.74 Å². The molecule has 134 valence electrons. The largest absolute Gasteiger partial charge is 0.383 e. The van der Waals surface area contributed by atoms with Crippen LogP contribution in [0.15, 0.2) is 35.3 Å². The molecule has 1 aliphatic rings. The Morgan fingerprint density at radius 2 is 2.04 bits per heavy atom. The molecule has 1 unspecified atom stereocenters. The van der Waals surface area contributed by atoms with Crippen LogP contribution in [0.3, 0.4) is 0 Å². The van der Waals surface area contributed by atoms with Crippen molar-refractivity contribution >= 4 is 26.5 Å². The molecule has 0 saturated carbocycles. The summed E-state index contributed by atoms with van der Waals surface area (Å²) in [7, 11) is -1.54. The molecule has 8 heteroatoms. The second-order valence-corrected chi connectivity index (χ2v) is 8.38. The van der Waals surface area contributed by atoms with Crippen molar-refractivity contribution in [1.82, 2.24) is 9.88 Å². The number of pyridine rings is 1. The van der Waals surface area contributed by atoms with Crippen LogP contribution in [0.4, 0.5) is 0 Å². The lowest BCUT2D eigenvalue weighted by Gasteiger charge is -2.15. The van der Waals surface area contributed by atoms with E-state index in [1.165, 1.54) is 10.8 Å². The highest BCUT2D eigenvalue weighted by atomic mass is 32.2. The molecule has 3 rings (SSSR count). The number of carbonyl (C=O) groups excluding carboxylic acids is 1. The van der Waals surface area contributed by atoms with Gasteiger partial charge >= 0.3 is 0 Å². The number of benzene rings is 1. The summed E-state index contributed by atoms with van der Waals surface area (Å²) in [5.41, 5.74) is 0.170. The summed E-state index contributed by atoms with van der Waals surface area (Å²) in [4.78, 5) is 25.2. The van der Waals surface area contributed by atoms with Crippen LogP contribution in [-0.4, -0.2) is 50.2 Å². The third-order valence-corrected chi connectivity index (χ3v) is 6.11. The summed E-state index contributed by atoms with van der Waals surface area (Å²) >= 11 is 0.